The van der Waals surface area contributed by atoms with Crippen LogP contribution < -0.4 is 5.32 Å². The first-order valence-corrected chi connectivity index (χ1v) is 4.72. The van der Waals surface area contributed by atoms with Crippen LogP contribution in [0.1, 0.15) is 33.5 Å². The van der Waals surface area contributed by atoms with Gasteiger partial charge in [-0.25, -0.2) is 4.79 Å². The second-order valence-corrected chi connectivity index (χ2v) is 3.17. The molecule has 0 bridgehead atoms. The van der Waals surface area contributed by atoms with Gasteiger partial charge in [0.05, 0.1) is 24.4 Å². The number of aromatic nitrogens is 2. The summed E-state index contributed by atoms with van der Waals surface area (Å²) < 4.78 is 4.81. The molecule has 6 nitrogen and oxygen atoms in total. The van der Waals surface area contributed by atoms with Crippen LogP contribution in [-0.4, -0.2) is 35.1 Å². The molecule has 1 aliphatic heterocycles. The van der Waals surface area contributed by atoms with Gasteiger partial charge < -0.3 is 10.1 Å². The van der Waals surface area contributed by atoms with Gasteiger partial charge in [-0.15, -0.1) is 0 Å². The zero-order valence-electron chi connectivity index (χ0n) is 8.29. The highest BCUT2D eigenvalue weighted by atomic mass is 16.5. The summed E-state index contributed by atoms with van der Waals surface area (Å²) >= 11 is 0. The molecule has 0 spiro atoms. The Kier molecular flexibility index (Phi) is 2.51. The zero-order valence-corrected chi connectivity index (χ0v) is 8.29. The Bertz CT molecular complexity index is 411. The molecular formula is C9H11N3O3. The smallest absolute Gasteiger partial charge is 0.359 e. The zero-order chi connectivity index (χ0) is 10.8. The molecule has 0 radical (unpaired) electrons. The largest absolute Gasteiger partial charge is 0.461 e. The topological polar surface area (TPSA) is 84.1 Å². The molecule has 2 heterocycles. The van der Waals surface area contributed by atoms with Gasteiger partial charge in [-0.05, 0) is 6.92 Å². The van der Waals surface area contributed by atoms with E-state index < -0.39 is 5.97 Å². The second-order valence-electron chi connectivity index (χ2n) is 3.17. The summed E-state index contributed by atoms with van der Waals surface area (Å²) in [5.74, 6) is -0.682. The maximum Gasteiger partial charge on any atom is 0.359 e. The lowest BCUT2D eigenvalue weighted by Crippen LogP contribution is -2.30. The van der Waals surface area contributed by atoms with Crippen molar-refractivity contribution in [3.05, 3.63) is 17.0 Å². The molecule has 0 saturated heterocycles. The Hall–Kier alpha value is -1.69. The van der Waals surface area contributed by atoms with Gasteiger partial charge in [0.25, 0.3) is 0 Å². The van der Waals surface area contributed by atoms with Gasteiger partial charge in [-0.3, -0.25) is 9.89 Å². The minimum absolute atomic E-state index is 0.0957. The van der Waals surface area contributed by atoms with Crippen LogP contribution in [0.15, 0.2) is 0 Å². The number of fused-ring (bicyclic) bond motifs is 1. The van der Waals surface area contributed by atoms with Crippen molar-refractivity contribution < 1.29 is 14.3 Å². The highest BCUT2D eigenvalue weighted by Gasteiger charge is 2.27. The molecule has 1 aromatic heterocycles. The molecule has 15 heavy (non-hydrogen) atoms. The lowest BCUT2D eigenvalue weighted by Gasteiger charge is -2.11. The predicted molar refractivity (Wildman–Crippen MR) is 50.6 cm³/mol. The molecule has 2 rings (SSSR count). The fourth-order valence-corrected chi connectivity index (χ4v) is 1.54. The number of hydrogen-bond acceptors (Lipinski definition) is 5. The van der Waals surface area contributed by atoms with E-state index in [9.17, 15) is 9.59 Å². The summed E-state index contributed by atoms with van der Waals surface area (Å²) in [5, 5.41) is 9.37. The maximum atomic E-state index is 11.5. The molecule has 0 amide bonds. The van der Waals surface area contributed by atoms with E-state index in [1.54, 1.807) is 6.92 Å². The molecule has 6 heteroatoms. The Morgan fingerprint density at radius 3 is 3.07 bits per heavy atom. The number of nitrogens with zero attached hydrogens (tertiary/aromatic N) is 1. The molecule has 0 saturated carbocycles. The fraction of sp³-hybridized carbons (Fsp3) is 0.444. The Morgan fingerprint density at radius 1 is 1.53 bits per heavy atom. The lowest BCUT2D eigenvalue weighted by molar-refractivity contribution is 0.0516. The number of Topliss-reactive ketones (excluding diaryl/α,β-unsaturated/α-hetero) is 1. The number of nitrogens with one attached hydrogen (secondary N) is 2. The molecule has 80 valence electrons. The number of H-pyrrole nitrogens is 1. The third kappa shape index (κ3) is 1.63. The molecule has 0 fully saturated rings. The number of rotatable bonds is 2. The first kappa shape index (κ1) is 9.85. The van der Waals surface area contributed by atoms with Gasteiger partial charge in [0, 0.05) is 6.54 Å². The van der Waals surface area contributed by atoms with Crippen molar-refractivity contribution in [1.29, 1.82) is 0 Å². The summed E-state index contributed by atoms with van der Waals surface area (Å²) in [5.41, 5.74) is 1.11. The first-order valence-electron chi connectivity index (χ1n) is 4.72. The number of ketones is 1. The van der Waals surface area contributed by atoms with E-state index in [1.165, 1.54) is 0 Å². The first-order chi connectivity index (χ1) is 7.24. The van der Waals surface area contributed by atoms with Gasteiger partial charge in [-0.1, -0.05) is 0 Å². The monoisotopic (exact) mass is 209 g/mol. The molecule has 0 atom stereocenters. The average molecular weight is 209 g/mol. The molecule has 0 unspecified atom stereocenters. The number of ether oxygens (including phenoxy) is 1. The normalized spacial score (nSPS) is 14.9. The van der Waals surface area contributed by atoms with E-state index in [1.807, 2.05) is 0 Å². The average Bonchev–Trinajstić information content (AvgIpc) is 2.63. The Morgan fingerprint density at radius 2 is 2.33 bits per heavy atom. The van der Waals surface area contributed by atoms with Crippen molar-refractivity contribution in [2.45, 2.75) is 13.5 Å². The third-order valence-corrected chi connectivity index (χ3v) is 2.18. The third-order valence-electron chi connectivity index (χ3n) is 2.18. The van der Waals surface area contributed by atoms with Crippen molar-refractivity contribution in [3.8, 4) is 0 Å². The minimum Gasteiger partial charge on any atom is -0.461 e. The van der Waals surface area contributed by atoms with Crippen LogP contribution in [0, 0.1) is 0 Å². The molecule has 1 aliphatic rings. The molecule has 2 N–H and O–H groups in total. The summed E-state index contributed by atoms with van der Waals surface area (Å²) in [6, 6.07) is 0. The van der Waals surface area contributed by atoms with E-state index in [2.05, 4.69) is 15.5 Å². The number of esters is 1. The SMILES string of the molecule is CCOC(=O)c1n[nH]c2c1C(=O)CNC2. The van der Waals surface area contributed by atoms with E-state index >= 15 is 0 Å². The van der Waals surface area contributed by atoms with Gasteiger partial charge in [-0.2, -0.15) is 5.10 Å². The van der Waals surface area contributed by atoms with Gasteiger partial charge in [0.1, 0.15) is 0 Å². The van der Waals surface area contributed by atoms with Gasteiger partial charge in [0.15, 0.2) is 11.5 Å². The summed E-state index contributed by atoms with van der Waals surface area (Å²) in [6.45, 7) is 2.74. The number of carbonyl (C=O) groups is 2. The molecular weight excluding hydrogens is 198 g/mol. The van der Waals surface area contributed by atoms with Crippen LogP contribution in [0.4, 0.5) is 0 Å². The summed E-state index contributed by atoms with van der Waals surface area (Å²) in [4.78, 5) is 23.0. The Labute approximate surface area is 86.0 Å². The van der Waals surface area contributed by atoms with Crippen LogP contribution in [-0.2, 0) is 11.3 Å². The summed E-state index contributed by atoms with van der Waals surface area (Å²) in [6.07, 6.45) is 0. The van der Waals surface area contributed by atoms with Crippen molar-refractivity contribution >= 4 is 11.8 Å². The number of hydrogen-bond donors (Lipinski definition) is 2. The van der Waals surface area contributed by atoms with Crippen LogP contribution in [0.5, 0.6) is 0 Å². The molecule has 0 aliphatic carbocycles. The number of carbonyl (C=O) groups excluding carboxylic acids is 2. The quantitative estimate of drug-likeness (QED) is 0.663. The second kappa shape index (κ2) is 3.82. The van der Waals surface area contributed by atoms with E-state index in [4.69, 9.17) is 4.74 Å². The van der Waals surface area contributed by atoms with Crippen LogP contribution in [0.3, 0.4) is 0 Å². The van der Waals surface area contributed by atoms with Crippen molar-refractivity contribution in [2.75, 3.05) is 13.2 Å². The Balaban J connectivity index is 2.37. The van der Waals surface area contributed by atoms with E-state index in [-0.39, 0.29) is 24.6 Å². The minimum atomic E-state index is -0.551. The highest BCUT2D eigenvalue weighted by Crippen LogP contribution is 2.16. The predicted octanol–water partition coefficient (Wildman–Crippen LogP) is -0.128. The van der Waals surface area contributed by atoms with E-state index in [0.29, 0.717) is 17.8 Å². The molecule has 1 aromatic rings. The highest BCUT2D eigenvalue weighted by molar-refractivity contribution is 6.07. The fourth-order valence-electron chi connectivity index (χ4n) is 1.54. The van der Waals surface area contributed by atoms with E-state index in [0.717, 1.165) is 0 Å². The van der Waals surface area contributed by atoms with Crippen molar-refractivity contribution in [3.63, 3.8) is 0 Å². The van der Waals surface area contributed by atoms with Gasteiger partial charge in [0.2, 0.25) is 0 Å². The van der Waals surface area contributed by atoms with Crippen molar-refractivity contribution in [1.82, 2.24) is 15.5 Å². The summed E-state index contributed by atoms with van der Waals surface area (Å²) in [7, 11) is 0. The van der Waals surface area contributed by atoms with Crippen LogP contribution in [0.25, 0.3) is 0 Å². The van der Waals surface area contributed by atoms with Crippen LogP contribution in [0.2, 0.25) is 0 Å². The number of aromatic amines is 1. The maximum absolute atomic E-state index is 11.5. The van der Waals surface area contributed by atoms with Crippen LogP contribution >= 0.6 is 0 Å². The standard InChI is InChI=1S/C9H11N3O3/c1-2-15-9(14)8-7-5(11-12-8)3-10-4-6(7)13/h10H,2-4H2,1H3,(H,11,12). The molecule has 0 aromatic carbocycles. The van der Waals surface area contributed by atoms with Gasteiger partial charge >= 0.3 is 5.97 Å². The van der Waals surface area contributed by atoms with Crippen molar-refractivity contribution in [2.24, 2.45) is 0 Å². The lowest BCUT2D eigenvalue weighted by atomic mass is 10.0.